The van der Waals surface area contributed by atoms with Gasteiger partial charge >= 0.3 is 6.18 Å². The molecule has 0 radical (unpaired) electrons. The average Bonchev–Trinajstić information content (AvgIpc) is 3.13. The summed E-state index contributed by atoms with van der Waals surface area (Å²) in [6.07, 6.45) is 0.0928. The minimum absolute atomic E-state index is 0.190. The number of piperidine rings is 1. The number of alkyl halides is 3. The molecule has 2 aromatic rings. The molecule has 3 rings (SSSR count). The van der Waals surface area contributed by atoms with Gasteiger partial charge in [-0.1, -0.05) is 5.16 Å². The Bertz CT molecular complexity index is 732. The number of carbonyl (C=O) groups is 1. The minimum atomic E-state index is -4.38. The first-order chi connectivity index (χ1) is 12.9. The van der Waals surface area contributed by atoms with E-state index in [0.29, 0.717) is 30.4 Å². The van der Waals surface area contributed by atoms with E-state index in [1.165, 1.54) is 18.5 Å². The molecule has 1 aromatic carbocycles. The quantitative estimate of drug-likeness (QED) is 0.825. The van der Waals surface area contributed by atoms with Gasteiger partial charge < -0.3 is 9.84 Å². The molecule has 0 aliphatic carbocycles. The summed E-state index contributed by atoms with van der Waals surface area (Å²) in [4.78, 5) is 18.4. The molecule has 146 valence electrons. The molecular weight excluding hydrogens is 361 g/mol. The lowest BCUT2D eigenvalue weighted by molar-refractivity contribution is -0.137. The number of halogens is 3. The van der Waals surface area contributed by atoms with Crippen molar-refractivity contribution in [3.8, 4) is 0 Å². The minimum Gasteiger partial charge on any atom is -0.343 e. The number of anilines is 1. The molecule has 1 amide bonds. The van der Waals surface area contributed by atoms with E-state index in [-0.39, 0.29) is 5.91 Å². The van der Waals surface area contributed by atoms with E-state index in [0.717, 1.165) is 44.5 Å². The normalized spacial score (nSPS) is 18.4. The number of nitrogens with one attached hydrogen (secondary N) is 1. The van der Waals surface area contributed by atoms with Gasteiger partial charge in [0.25, 0.3) is 0 Å². The van der Waals surface area contributed by atoms with Gasteiger partial charge in [-0.05, 0) is 56.0 Å². The van der Waals surface area contributed by atoms with Crippen LogP contribution in [0.3, 0.4) is 0 Å². The summed E-state index contributed by atoms with van der Waals surface area (Å²) in [5, 5.41) is 6.47. The van der Waals surface area contributed by atoms with Gasteiger partial charge in [-0.2, -0.15) is 18.2 Å². The molecule has 0 spiro atoms. The van der Waals surface area contributed by atoms with Crippen molar-refractivity contribution < 1.29 is 22.5 Å². The Labute approximate surface area is 154 Å². The van der Waals surface area contributed by atoms with Crippen LogP contribution in [0.5, 0.6) is 0 Å². The van der Waals surface area contributed by atoms with Gasteiger partial charge in [0.15, 0.2) is 5.82 Å². The highest BCUT2D eigenvalue weighted by atomic mass is 19.4. The van der Waals surface area contributed by atoms with Gasteiger partial charge in [-0.25, -0.2) is 0 Å². The number of benzene rings is 1. The zero-order valence-electron chi connectivity index (χ0n) is 14.7. The van der Waals surface area contributed by atoms with E-state index in [9.17, 15) is 18.0 Å². The Morgan fingerprint density at radius 2 is 2.07 bits per heavy atom. The van der Waals surface area contributed by atoms with Crippen LogP contribution in [0.1, 0.15) is 37.1 Å². The summed E-state index contributed by atoms with van der Waals surface area (Å²) in [7, 11) is 0. The molecule has 0 bridgehead atoms. The van der Waals surface area contributed by atoms with E-state index in [1.807, 2.05) is 0 Å². The zero-order chi connectivity index (χ0) is 19.3. The smallest absolute Gasteiger partial charge is 0.343 e. The van der Waals surface area contributed by atoms with Gasteiger partial charge in [-0.3, -0.25) is 9.69 Å². The van der Waals surface area contributed by atoms with Crippen molar-refractivity contribution in [2.75, 3.05) is 18.4 Å². The number of hydrogen-bond donors (Lipinski definition) is 1. The topological polar surface area (TPSA) is 71.3 Å². The number of hydrogen-bond acceptors (Lipinski definition) is 5. The third kappa shape index (κ3) is 5.78. The second-order valence-corrected chi connectivity index (χ2v) is 6.75. The highest BCUT2D eigenvalue weighted by Crippen LogP contribution is 2.30. The third-order valence-corrected chi connectivity index (χ3v) is 4.65. The van der Waals surface area contributed by atoms with Crippen LogP contribution in [0, 0.1) is 5.92 Å². The van der Waals surface area contributed by atoms with Crippen LogP contribution in [0.25, 0.3) is 0 Å². The Hall–Kier alpha value is -2.42. The van der Waals surface area contributed by atoms with E-state index < -0.39 is 11.7 Å². The SMILES string of the molecule is O=C(CCC1CCCN(Cc2ncon2)C1)Nc1ccc(C(F)(F)F)cc1. The molecule has 1 aliphatic rings. The lowest BCUT2D eigenvalue weighted by Crippen LogP contribution is -2.35. The number of carbonyl (C=O) groups excluding carboxylic acids is 1. The molecule has 27 heavy (non-hydrogen) atoms. The van der Waals surface area contributed by atoms with Gasteiger partial charge in [0.05, 0.1) is 12.1 Å². The molecule has 1 fully saturated rings. The fourth-order valence-corrected chi connectivity index (χ4v) is 3.29. The molecule has 1 aromatic heterocycles. The molecule has 0 saturated carbocycles. The summed E-state index contributed by atoms with van der Waals surface area (Å²) >= 11 is 0. The second kappa shape index (κ2) is 8.51. The Balaban J connectivity index is 1.43. The fraction of sp³-hybridized carbons (Fsp3) is 0.500. The predicted octanol–water partition coefficient (Wildman–Crippen LogP) is 3.72. The maximum absolute atomic E-state index is 12.6. The summed E-state index contributed by atoms with van der Waals surface area (Å²) in [6.45, 7) is 2.45. The molecule has 9 heteroatoms. The van der Waals surface area contributed by atoms with E-state index >= 15 is 0 Å². The van der Waals surface area contributed by atoms with Gasteiger partial charge in [0.1, 0.15) is 0 Å². The maximum Gasteiger partial charge on any atom is 0.416 e. The van der Waals surface area contributed by atoms with Crippen molar-refractivity contribution in [3.63, 3.8) is 0 Å². The van der Waals surface area contributed by atoms with Crippen LogP contribution in [-0.2, 0) is 17.5 Å². The first kappa shape index (κ1) is 19.3. The largest absolute Gasteiger partial charge is 0.416 e. The molecule has 1 N–H and O–H groups in total. The maximum atomic E-state index is 12.6. The number of amides is 1. The van der Waals surface area contributed by atoms with Crippen molar-refractivity contribution in [2.24, 2.45) is 5.92 Å². The van der Waals surface area contributed by atoms with Crippen molar-refractivity contribution in [1.29, 1.82) is 0 Å². The first-order valence-electron chi connectivity index (χ1n) is 8.85. The lowest BCUT2D eigenvalue weighted by Gasteiger charge is -2.31. The Morgan fingerprint density at radius 3 is 2.74 bits per heavy atom. The van der Waals surface area contributed by atoms with Crippen molar-refractivity contribution in [2.45, 2.75) is 38.4 Å². The molecule has 2 heterocycles. The molecule has 6 nitrogen and oxygen atoms in total. The number of rotatable bonds is 6. The standard InChI is InChI=1S/C18H21F3N4O2/c19-18(20,21)14-4-6-15(7-5-14)23-17(26)8-3-13-2-1-9-25(10-13)11-16-22-12-27-24-16/h4-7,12-13H,1-3,8-11H2,(H,23,26). The van der Waals surface area contributed by atoms with Crippen LogP contribution < -0.4 is 5.32 Å². The molecular formula is C18H21F3N4O2. The van der Waals surface area contributed by atoms with Crippen LogP contribution in [0.15, 0.2) is 35.2 Å². The second-order valence-electron chi connectivity index (χ2n) is 6.75. The van der Waals surface area contributed by atoms with Gasteiger partial charge in [-0.15, -0.1) is 0 Å². The van der Waals surface area contributed by atoms with Crippen LogP contribution in [0.4, 0.5) is 18.9 Å². The lowest BCUT2D eigenvalue weighted by atomic mass is 9.93. The molecule has 1 saturated heterocycles. The van der Waals surface area contributed by atoms with E-state index in [4.69, 9.17) is 4.52 Å². The summed E-state index contributed by atoms with van der Waals surface area (Å²) in [5.74, 6) is 0.852. The molecule has 1 atom stereocenters. The summed E-state index contributed by atoms with van der Waals surface area (Å²) < 4.78 is 42.4. The number of likely N-dealkylation sites (tertiary alicyclic amines) is 1. The fourth-order valence-electron chi connectivity index (χ4n) is 3.29. The van der Waals surface area contributed by atoms with Crippen LogP contribution >= 0.6 is 0 Å². The molecule has 1 unspecified atom stereocenters. The Kier molecular flexibility index (Phi) is 6.10. The van der Waals surface area contributed by atoms with E-state index in [1.54, 1.807) is 0 Å². The number of nitrogens with zero attached hydrogens (tertiary/aromatic N) is 3. The van der Waals surface area contributed by atoms with Gasteiger partial charge in [0, 0.05) is 18.7 Å². The first-order valence-corrected chi connectivity index (χ1v) is 8.85. The third-order valence-electron chi connectivity index (χ3n) is 4.65. The summed E-state index contributed by atoms with van der Waals surface area (Å²) in [6, 6.07) is 4.47. The zero-order valence-corrected chi connectivity index (χ0v) is 14.7. The van der Waals surface area contributed by atoms with Crippen LogP contribution in [0.2, 0.25) is 0 Å². The highest BCUT2D eigenvalue weighted by molar-refractivity contribution is 5.90. The van der Waals surface area contributed by atoms with Gasteiger partial charge in [0.2, 0.25) is 12.3 Å². The average molecular weight is 382 g/mol. The predicted molar refractivity (Wildman–Crippen MR) is 91.6 cm³/mol. The summed E-state index contributed by atoms with van der Waals surface area (Å²) in [5.41, 5.74) is -0.361. The monoisotopic (exact) mass is 382 g/mol. The number of aromatic nitrogens is 2. The molecule has 1 aliphatic heterocycles. The van der Waals surface area contributed by atoms with Crippen molar-refractivity contribution >= 4 is 11.6 Å². The van der Waals surface area contributed by atoms with Crippen molar-refractivity contribution in [3.05, 3.63) is 42.0 Å². The van der Waals surface area contributed by atoms with Crippen LogP contribution in [-0.4, -0.2) is 34.0 Å². The highest BCUT2D eigenvalue weighted by Gasteiger charge is 2.30. The van der Waals surface area contributed by atoms with Crippen molar-refractivity contribution in [1.82, 2.24) is 15.0 Å². The Morgan fingerprint density at radius 1 is 1.30 bits per heavy atom. The van der Waals surface area contributed by atoms with E-state index in [2.05, 4.69) is 20.4 Å².